The summed E-state index contributed by atoms with van der Waals surface area (Å²) < 4.78 is 5.35. The normalized spacial score (nSPS) is 10.7. The van der Waals surface area contributed by atoms with Gasteiger partial charge in [0.25, 0.3) is 0 Å². The first-order valence-corrected chi connectivity index (χ1v) is 7.51. The number of carboxylic acid groups (broad SMARTS) is 1. The Labute approximate surface area is 143 Å². The Morgan fingerprint density at radius 2 is 1.96 bits per heavy atom. The first kappa shape index (κ1) is 17.1. The summed E-state index contributed by atoms with van der Waals surface area (Å²) in [6.45, 7) is 2.30. The number of carboxylic acids is 1. The van der Waals surface area contributed by atoms with E-state index in [2.05, 4.69) is 10.5 Å². The Kier molecular flexibility index (Phi) is 5.84. The van der Waals surface area contributed by atoms with Gasteiger partial charge in [0.05, 0.1) is 34.1 Å². The number of nitrogens with one attached hydrogen (secondary N) is 1. The van der Waals surface area contributed by atoms with Crippen LogP contribution in [-0.4, -0.2) is 23.9 Å². The number of ether oxygens (including phenoxy) is 1. The van der Waals surface area contributed by atoms with Gasteiger partial charge in [-0.2, -0.15) is 5.10 Å². The number of hydrogen-bond donors (Lipinski definition) is 2. The number of rotatable bonds is 6. The molecular formula is C16H14Cl2N2O3. The van der Waals surface area contributed by atoms with Crippen molar-refractivity contribution in [3.05, 3.63) is 57.6 Å². The van der Waals surface area contributed by atoms with Gasteiger partial charge in [0.1, 0.15) is 0 Å². The molecule has 0 atom stereocenters. The van der Waals surface area contributed by atoms with E-state index in [-0.39, 0.29) is 5.56 Å². The highest BCUT2D eigenvalue weighted by Gasteiger charge is 2.09. The van der Waals surface area contributed by atoms with Crippen molar-refractivity contribution < 1.29 is 14.6 Å². The van der Waals surface area contributed by atoms with Crippen LogP contribution in [0.15, 0.2) is 41.5 Å². The van der Waals surface area contributed by atoms with E-state index in [1.54, 1.807) is 30.3 Å². The van der Waals surface area contributed by atoms with Crippen molar-refractivity contribution in [2.45, 2.75) is 6.92 Å². The van der Waals surface area contributed by atoms with Crippen molar-refractivity contribution in [3.8, 4) is 5.75 Å². The summed E-state index contributed by atoms with van der Waals surface area (Å²) in [5, 5.41) is 13.9. The van der Waals surface area contributed by atoms with Crippen LogP contribution in [0.1, 0.15) is 22.8 Å². The van der Waals surface area contributed by atoms with E-state index in [4.69, 9.17) is 33.0 Å². The number of hydrazone groups is 1. The lowest BCUT2D eigenvalue weighted by Crippen LogP contribution is -2.02. The lowest BCUT2D eigenvalue weighted by atomic mass is 10.2. The van der Waals surface area contributed by atoms with Crippen LogP contribution in [0.5, 0.6) is 5.75 Å². The average molecular weight is 353 g/mol. The van der Waals surface area contributed by atoms with E-state index in [9.17, 15) is 4.79 Å². The minimum atomic E-state index is -1.03. The van der Waals surface area contributed by atoms with Gasteiger partial charge in [-0.15, -0.1) is 0 Å². The fourth-order valence-corrected chi connectivity index (χ4v) is 2.49. The molecule has 0 spiro atoms. The topological polar surface area (TPSA) is 70.9 Å². The predicted molar refractivity (Wildman–Crippen MR) is 92.2 cm³/mol. The molecule has 0 amide bonds. The Morgan fingerprint density at radius 3 is 2.57 bits per heavy atom. The standard InChI is InChI=1S/C16H14Cl2N2O3/c1-2-23-15-12(17)7-10(8-13(15)18)9-19-20-14-6-4-3-5-11(14)16(21)22/h3-9,20H,2H2,1H3,(H,21,22). The number of anilines is 1. The summed E-state index contributed by atoms with van der Waals surface area (Å²) in [5.41, 5.74) is 3.87. The van der Waals surface area contributed by atoms with Crippen LogP contribution in [0.3, 0.4) is 0 Å². The summed E-state index contributed by atoms with van der Waals surface area (Å²) in [7, 11) is 0. The van der Waals surface area contributed by atoms with Gasteiger partial charge in [-0.25, -0.2) is 4.79 Å². The first-order valence-electron chi connectivity index (χ1n) is 6.76. The Morgan fingerprint density at radius 1 is 1.30 bits per heavy atom. The lowest BCUT2D eigenvalue weighted by Gasteiger charge is -2.08. The molecule has 0 unspecified atom stereocenters. The molecule has 2 aromatic rings. The molecule has 2 N–H and O–H groups in total. The van der Waals surface area contributed by atoms with Gasteiger partial charge >= 0.3 is 5.97 Å². The fraction of sp³-hybridized carbons (Fsp3) is 0.125. The number of aromatic carboxylic acids is 1. The summed E-state index contributed by atoms with van der Waals surface area (Å²) >= 11 is 12.2. The molecule has 5 nitrogen and oxygen atoms in total. The molecule has 2 rings (SSSR count). The highest BCUT2D eigenvalue weighted by molar-refractivity contribution is 6.37. The molecule has 0 saturated heterocycles. The largest absolute Gasteiger partial charge is 0.491 e. The number of carbonyl (C=O) groups is 1. The highest BCUT2D eigenvalue weighted by Crippen LogP contribution is 2.33. The molecule has 0 radical (unpaired) electrons. The molecule has 2 aromatic carbocycles. The van der Waals surface area contributed by atoms with Gasteiger partial charge in [0.2, 0.25) is 0 Å². The first-order chi connectivity index (χ1) is 11.0. The molecule has 0 saturated carbocycles. The van der Waals surface area contributed by atoms with E-state index in [1.165, 1.54) is 12.3 Å². The third-order valence-corrected chi connectivity index (χ3v) is 3.43. The smallest absolute Gasteiger partial charge is 0.337 e. The molecule has 0 aliphatic heterocycles. The van der Waals surface area contributed by atoms with E-state index in [1.807, 2.05) is 6.92 Å². The summed E-state index contributed by atoms with van der Waals surface area (Å²) in [5.74, 6) is -0.604. The predicted octanol–water partition coefficient (Wildman–Crippen LogP) is 4.54. The molecule has 120 valence electrons. The van der Waals surface area contributed by atoms with E-state index in [0.29, 0.717) is 33.7 Å². The van der Waals surface area contributed by atoms with Crippen LogP contribution in [0.25, 0.3) is 0 Å². The summed E-state index contributed by atoms with van der Waals surface area (Å²) in [6, 6.07) is 9.79. The monoisotopic (exact) mass is 352 g/mol. The Balaban J connectivity index is 2.17. The van der Waals surface area contributed by atoms with Gasteiger partial charge in [-0.1, -0.05) is 35.3 Å². The minimum Gasteiger partial charge on any atom is -0.491 e. The van der Waals surface area contributed by atoms with Crippen LogP contribution in [0, 0.1) is 0 Å². The van der Waals surface area contributed by atoms with Crippen molar-refractivity contribution in [2.24, 2.45) is 5.10 Å². The number of para-hydroxylation sites is 1. The van der Waals surface area contributed by atoms with Crippen molar-refractivity contribution in [1.82, 2.24) is 0 Å². The molecule has 0 bridgehead atoms. The SMILES string of the molecule is CCOc1c(Cl)cc(C=NNc2ccccc2C(=O)O)cc1Cl. The summed E-state index contributed by atoms with van der Waals surface area (Å²) in [4.78, 5) is 11.1. The van der Waals surface area contributed by atoms with E-state index in [0.717, 1.165) is 0 Å². The van der Waals surface area contributed by atoms with Crippen LogP contribution in [0.4, 0.5) is 5.69 Å². The maximum absolute atomic E-state index is 11.1. The van der Waals surface area contributed by atoms with Gasteiger partial charge in [0.15, 0.2) is 5.75 Å². The van der Waals surface area contributed by atoms with Crippen molar-refractivity contribution >= 4 is 41.1 Å². The third-order valence-electron chi connectivity index (χ3n) is 2.87. The quantitative estimate of drug-likeness (QED) is 0.591. The maximum atomic E-state index is 11.1. The molecule has 0 aliphatic rings. The van der Waals surface area contributed by atoms with Crippen LogP contribution in [-0.2, 0) is 0 Å². The van der Waals surface area contributed by atoms with E-state index < -0.39 is 5.97 Å². The number of halogens is 2. The Hall–Kier alpha value is -2.24. The fourth-order valence-electron chi connectivity index (χ4n) is 1.88. The second-order valence-electron chi connectivity index (χ2n) is 4.47. The van der Waals surface area contributed by atoms with Crippen molar-refractivity contribution in [1.29, 1.82) is 0 Å². The third kappa shape index (κ3) is 4.37. The zero-order valence-electron chi connectivity index (χ0n) is 12.2. The van der Waals surface area contributed by atoms with E-state index >= 15 is 0 Å². The molecule has 7 heteroatoms. The molecule has 0 aliphatic carbocycles. The molecule has 0 aromatic heterocycles. The minimum absolute atomic E-state index is 0.132. The van der Waals surface area contributed by atoms with Crippen molar-refractivity contribution in [2.75, 3.05) is 12.0 Å². The van der Waals surface area contributed by atoms with Gasteiger partial charge in [-0.3, -0.25) is 5.43 Å². The van der Waals surface area contributed by atoms with Gasteiger partial charge in [-0.05, 0) is 36.8 Å². The zero-order valence-corrected chi connectivity index (χ0v) is 13.7. The average Bonchev–Trinajstić information content (AvgIpc) is 2.51. The second kappa shape index (κ2) is 7.85. The van der Waals surface area contributed by atoms with Crippen LogP contribution < -0.4 is 10.2 Å². The number of benzene rings is 2. The molecule has 23 heavy (non-hydrogen) atoms. The zero-order chi connectivity index (χ0) is 16.8. The van der Waals surface area contributed by atoms with Gasteiger partial charge < -0.3 is 9.84 Å². The lowest BCUT2D eigenvalue weighted by molar-refractivity contribution is 0.0698. The van der Waals surface area contributed by atoms with Gasteiger partial charge in [0, 0.05) is 0 Å². The summed E-state index contributed by atoms with van der Waals surface area (Å²) in [6.07, 6.45) is 1.49. The van der Waals surface area contributed by atoms with Crippen LogP contribution >= 0.6 is 23.2 Å². The maximum Gasteiger partial charge on any atom is 0.337 e. The Bertz CT molecular complexity index is 725. The number of hydrogen-bond acceptors (Lipinski definition) is 4. The second-order valence-corrected chi connectivity index (χ2v) is 5.28. The number of nitrogens with zero attached hydrogens (tertiary/aromatic N) is 1. The van der Waals surface area contributed by atoms with Crippen LogP contribution in [0.2, 0.25) is 10.0 Å². The molecular weight excluding hydrogens is 339 g/mol. The highest BCUT2D eigenvalue weighted by atomic mass is 35.5. The molecule has 0 heterocycles. The van der Waals surface area contributed by atoms with Crippen molar-refractivity contribution in [3.63, 3.8) is 0 Å². The molecule has 0 fully saturated rings.